The van der Waals surface area contributed by atoms with Crippen molar-refractivity contribution in [1.29, 1.82) is 0 Å². The van der Waals surface area contributed by atoms with Crippen LogP contribution in [-0.4, -0.2) is 26.2 Å². The van der Waals surface area contributed by atoms with E-state index in [1.54, 1.807) is 14.2 Å². The second-order valence-corrected chi connectivity index (χ2v) is 6.33. The Kier molecular flexibility index (Phi) is 4.14. The first kappa shape index (κ1) is 15.0. The van der Waals surface area contributed by atoms with Gasteiger partial charge in [0.2, 0.25) is 0 Å². The fourth-order valence-corrected chi connectivity index (χ4v) is 3.80. The Balaban J connectivity index is 1.73. The van der Waals surface area contributed by atoms with E-state index in [1.807, 2.05) is 18.2 Å². The van der Waals surface area contributed by atoms with Crippen molar-refractivity contribution < 1.29 is 9.47 Å². The normalized spacial score (nSPS) is 23.2. The van der Waals surface area contributed by atoms with Crippen LogP contribution in [0.4, 0.5) is 5.69 Å². The van der Waals surface area contributed by atoms with E-state index >= 15 is 0 Å². The highest BCUT2D eigenvalue weighted by atomic mass is 16.5. The Hall–Kier alpha value is -1.91. The Morgan fingerprint density at radius 2 is 2.00 bits per heavy atom. The number of anilines is 1. The summed E-state index contributed by atoms with van der Waals surface area (Å²) in [5.41, 5.74) is 7.34. The van der Waals surface area contributed by atoms with Gasteiger partial charge in [-0.25, -0.2) is 4.99 Å². The van der Waals surface area contributed by atoms with Crippen LogP contribution in [0.2, 0.25) is 0 Å². The van der Waals surface area contributed by atoms with Gasteiger partial charge in [0.15, 0.2) is 5.96 Å². The molecule has 0 bridgehead atoms. The molecular formula is C17H25N3O2. The van der Waals surface area contributed by atoms with Gasteiger partial charge < -0.3 is 20.5 Å². The summed E-state index contributed by atoms with van der Waals surface area (Å²) in [6.07, 6.45) is 7.73. The Bertz CT molecular complexity index is 565. The molecule has 1 unspecified atom stereocenters. The molecule has 3 N–H and O–H groups in total. The minimum atomic E-state index is 0.374. The average Bonchev–Trinajstić information content (AvgIpc) is 3.04. The van der Waals surface area contributed by atoms with Crippen LogP contribution in [0.1, 0.15) is 38.5 Å². The van der Waals surface area contributed by atoms with Crippen LogP contribution in [0, 0.1) is 5.41 Å². The maximum absolute atomic E-state index is 6.12. The van der Waals surface area contributed by atoms with E-state index in [2.05, 4.69) is 5.32 Å². The van der Waals surface area contributed by atoms with E-state index in [9.17, 15) is 0 Å². The van der Waals surface area contributed by atoms with E-state index < -0.39 is 0 Å². The second-order valence-electron chi connectivity index (χ2n) is 6.33. The highest BCUT2D eigenvalue weighted by Gasteiger charge is 2.48. The largest absolute Gasteiger partial charge is 0.497 e. The number of methoxy groups -OCH3 is 2. The highest BCUT2D eigenvalue weighted by molar-refractivity contribution is 5.94. The maximum Gasteiger partial charge on any atom is 0.193 e. The molecule has 1 spiro atoms. The van der Waals surface area contributed by atoms with Gasteiger partial charge in [0, 0.05) is 6.07 Å². The van der Waals surface area contributed by atoms with Gasteiger partial charge >= 0.3 is 0 Å². The van der Waals surface area contributed by atoms with Gasteiger partial charge in [-0.15, -0.1) is 0 Å². The lowest BCUT2D eigenvalue weighted by atomic mass is 9.63. The molecule has 120 valence electrons. The summed E-state index contributed by atoms with van der Waals surface area (Å²) in [6.45, 7) is 0. The molecule has 1 aromatic carbocycles. The number of hydrogen-bond donors (Lipinski definition) is 2. The van der Waals surface area contributed by atoms with Crippen molar-refractivity contribution in [2.45, 2.75) is 44.6 Å². The molecule has 2 aliphatic rings. The zero-order valence-corrected chi connectivity index (χ0v) is 13.4. The summed E-state index contributed by atoms with van der Waals surface area (Å²) < 4.78 is 10.6. The summed E-state index contributed by atoms with van der Waals surface area (Å²) in [5, 5.41) is 3.16. The van der Waals surface area contributed by atoms with E-state index in [4.69, 9.17) is 20.2 Å². The fourth-order valence-electron chi connectivity index (χ4n) is 3.80. The standard InChI is InChI=1S/C17H25N3O2/c1-21-12-5-6-14(22-2)13(11-12)19-16(18)20-15-7-10-17(15)8-3-4-9-17/h5-6,11,15H,3-4,7-10H2,1-2H3,(H3,18,19,20). The van der Waals surface area contributed by atoms with Crippen LogP contribution in [0.15, 0.2) is 23.2 Å². The molecule has 22 heavy (non-hydrogen) atoms. The molecule has 2 saturated carbocycles. The number of nitrogens with two attached hydrogens (primary N) is 1. The van der Waals surface area contributed by atoms with Gasteiger partial charge in [-0.3, -0.25) is 0 Å². The van der Waals surface area contributed by atoms with Crippen LogP contribution in [0.25, 0.3) is 0 Å². The molecule has 0 heterocycles. The lowest BCUT2D eigenvalue weighted by molar-refractivity contribution is 0.104. The first-order valence-corrected chi connectivity index (χ1v) is 7.99. The Morgan fingerprint density at radius 1 is 1.23 bits per heavy atom. The minimum Gasteiger partial charge on any atom is -0.497 e. The Morgan fingerprint density at radius 3 is 2.59 bits per heavy atom. The second kappa shape index (κ2) is 6.07. The number of benzene rings is 1. The van der Waals surface area contributed by atoms with Crippen LogP contribution >= 0.6 is 0 Å². The average molecular weight is 303 g/mol. The van der Waals surface area contributed by atoms with Crippen molar-refractivity contribution in [3.05, 3.63) is 18.2 Å². The monoisotopic (exact) mass is 303 g/mol. The first-order valence-electron chi connectivity index (χ1n) is 7.99. The highest BCUT2D eigenvalue weighted by Crippen LogP contribution is 2.54. The molecule has 5 nitrogen and oxygen atoms in total. The van der Waals surface area contributed by atoms with Gasteiger partial charge in [-0.05, 0) is 43.2 Å². The summed E-state index contributed by atoms with van der Waals surface area (Å²) >= 11 is 0. The number of guanidine groups is 1. The predicted octanol–water partition coefficient (Wildman–Crippen LogP) is 3.15. The lowest BCUT2D eigenvalue weighted by Crippen LogP contribution is -2.43. The zero-order chi connectivity index (χ0) is 15.6. The third-order valence-corrected chi connectivity index (χ3v) is 5.19. The molecule has 0 aromatic heterocycles. The van der Waals surface area contributed by atoms with E-state index in [-0.39, 0.29) is 0 Å². The van der Waals surface area contributed by atoms with Crippen molar-refractivity contribution in [1.82, 2.24) is 0 Å². The van der Waals surface area contributed by atoms with Crippen LogP contribution in [-0.2, 0) is 0 Å². The van der Waals surface area contributed by atoms with Crippen LogP contribution in [0.3, 0.4) is 0 Å². The van der Waals surface area contributed by atoms with Crippen molar-refractivity contribution in [2.75, 3.05) is 19.5 Å². The summed E-state index contributed by atoms with van der Waals surface area (Å²) in [4.78, 5) is 4.73. The molecule has 0 saturated heterocycles. The molecule has 2 aliphatic carbocycles. The van der Waals surface area contributed by atoms with Gasteiger partial charge in [0.25, 0.3) is 0 Å². The number of nitrogens with zero attached hydrogens (tertiary/aromatic N) is 1. The molecule has 0 amide bonds. The number of ether oxygens (including phenoxy) is 2. The number of nitrogens with one attached hydrogen (secondary N) is 1. The van der Waals surface area contributed by atoms with Crippen LogP contribution < -0.4 is 20.5 Å². The summed E-state index contributed by atoms with van der Waals surface area (Å²) in [7, 11) is 3.28. The molecule has 5 heteroatoms. The van der Waals surface area contributed by atoms with Crippen molar-refractivity contribution in [3.63, 3.8) is 0 Å². The lowest BCUT2D eigenvalue weighted by Gasteiger charge is -2.45. The topological polar surface area (TPSA) is 68.9 Å². The molecule has 1 aromatic rings. The molecule has 3 rings (SSSR count). The van der Waals surface area contributed by atoms with Crippen LogP contribution in [0.5, 0.6) is 11.5 Å². The SMILES string of the molecule is COc1ccc(OC)c(NC(N)=NC2CCC23CCCC3)c1. The smallest absolute Gasteiger partial charge is 0.193 e. The van der Waals surface area contributed by atoms with Gasteiger partial charge in [0.1, 0.15) is 11.5 Å². The zero-order valence-electron chi connectivity index (χ0n) is 13.4. The minimum absolute atomic E-state index is 0.374. The van der Waals surface area contributed by atoms with Gasteiger partial charge in [-0.2, -0.15) is 0 Å². The molecule has 0 radical (unpaired) electrons. The summed E-state index contributed by atoms with van der Waals surface area (Å²) in [6, 6.07) is 5.96. The summed E-state index contributed by atoms with van der Waals surface area (Å²) in [5.74, 6) is 1.94. The quantitative estimate of drug-likeness (QED) is 0.662. The predicted molar refractivity (Wildman–Crippen MR) is 88.7 cm³/mol. The molecule has 1 atom stereocenters. The maximum atomic E-state index is 6.12. The fraction of sp³-hybridized carbons (Fsp3) is 0.588. The van der Waals surface area contributed by atoms with Gasteiger partial charge in [-0.1, -0.05) is 12.8 Å². The number of rotatable bonds is 4. The molecular weight excluding hydrogens is 278 g/mol. The van der Waals surface area contributed by atoms with E-state index in [1.165, 1.54) is 32.1 Å². The molecule has 0 aliphatic heterocycles. The van der Waals surface area contributed by atoms with Crippen molar-refractivity contribution in [3.8, 4) is 11.5 Å². The number of aliphatic imine (C=N–C) groups is 1. The van der Waals surface area contributed by atoms with Gasteiger partial charge in [0.05, 0.1) is 25.9 Å². The Labute approximate surface area is 131 Å². The molecule has 2 fully saturated rings. The third-order valence-electron chi connectivity index (χ3n) is 5.19. The van der Waals surface area contributed by atoms with Crippen molar-refractivity contribution in [2.24, 2.45) is 16.1 Å². The van der Waals surface area contributed by atoms with E-state index in [0.29, 0.717) is 17.4 Å². The first-order chi connectivity index (χ1) is 10.7. The van der Waals surface area contributed by atoms with Crippen molar-refractivity contribution >= 4 is 11.6 Å². The third kappa shape index (κ3) is 2.72. The van der Waals surface area contributed by atoms with E-state index in [0.717, 1.165) is 23.6 Å². The number of hydrogen-bond acceptors (Lipinski definition) is 3.